The number of nitrogens with one attached hydrogen (secondary N) is 1. The normalized spacial score (nSPS) is 11.0. The van der Waals surface area contributed by atoms with Crippen molar-refractivity contribution in [2.24, 2.45) is 0 Å². The molecule has 9 nitrogen and oxygen atoms in total. The average Bonchev–Trinajstić information content (AvgIpc) is 2.45. The van der Waals surface area contributed by atoms with Gasteiger partial charge in [-0.05, 0) is 27.7 Å². The minimum Gasteiger partial charge on any atom is -0.445 e. The van der Waals surface area contributed by atoms with Crippen molar-refractivity contribution in [3.8, 4) is 0 Å². The first kappa shape index (κ1) is 21.4. The van der Waals surface area contributed by atoms with Gasteiger partial charge in [0.05, 0.1) is 26.4 Å². The van der Waals surface area contributed by atoms with Crippen LogP contribution in [0.2, 0.25) is 0 Å². The second-order valence-electron chi connectivity index (χ2n) is 5.41. The monoisotopic (exact) mass is 336 g/mol. The number of aliphatic hydroxyl groups is 1. The molecule has 0 radical (unpaired) electrons. The van der Waals surface area contributed by atoms with Gasteiger partial charge >= 0.3 is 12.2 Å². The fraction of sp³-hybridized carbons (Fsp3) is 0.857. The largest absolute Gasteiger partial charge is 0.445 e. The Hall–Kier alpha value is -1.58. The van der Waals surface area contributed by atoms with Crippen LogP contribution in [0.15, 0.2) is 0 Å². The highest BCUT2D eigenvalue weighted by molar-refractivity contribution is 5.67. The van der Waals surface area contributed by atoms with Crippen LogP contribution in [0.25, 0.3) is 0 Å². The zero-order valence-electron chi connectivity index (χ0n) is 14.3. The van der Waals surface area contributed by atoms with Gasteiger partial charge < -0.3 is 24.6 Å². The number of aliphatic hydroxyl groups excluding tert-OH is 1. The smallest absolute Gasteiger partial charge is 0.434 e. The Morgan fingerprint density at radius 3 is 2.39 bits per heavy atom. The van der Waals surface area contributed by atoms with Crippen LogP contribution in [0.3, 0.4) is 0 Å². The first-order chi connectivity index (χ1) is 10.8. The van der Waals surface area contributed by atoms with E-state index in [-0.39, 0.29) is 33.0 Å². The number of carbonyl (C=O) groups excluding carboxylic acids is 2. The van der Waals surface area contributed by atoms with Crippen molar-refractivity contribution in [3.63, 3.8) is 0 Å². The van der Waals surface area contributed by atoms with Gasteiger partial charge in [0.2, 0.25) is 0 Å². The van der Waals surface area contributed by atoms with Crippen molar-refractivity contribution in [1.82, 2.24) is 10.4 Å². The standard InChI is InChI=1S/C14H28N2O7/c1-5-16(22-9-7-17)13(19)21-11-10-20-8-6-15-12(18)23-14(2,3)4/h17H,5-11H2,1-4H3,(H,15,18). The summed E-state index contributed by atoms with van der Waals surface area (Å²) in [5.41, 5.74) is -0.539. The molecule has 0 aromatic heterocycles. The highest BCUT2D eigenvalue weighted by atomic mass is 16.7. The second kappa shape index (κ2) is 11.9. The van der Waals surface area contributed by atoms with Gasteiger partial charge in [-0.15, -0.1) is 0 Å². The minimum atomic E-state index is -0.642. The molecule has 0 heterocycles. The van der Waals surface area contributed by atoms with E-state index >= 15 is 0 Å². The summed E-state index contributed by atoms with van der Waals surface area (Å²) in [5, 5.41) is 12.2. The molecule has 0 aromatic rings. The van der Waals surface area contributed by atoms with E-state index in [1.807, 2.05) is 0 Å². The van der Waals surface area contributed by atoms with Gasteiger partial charge in [-0.25, -0.2) is 9.59 Å². The van der Waals surface area contributed by atoms with E-state index in [9.17, 15) is 9.59 Å². The van der Waals surface area contributed by atoms with Gasteiger partial charge in [0, 0.05) is 13.1 Å². The molecule has 0 saturated heterocycles. The van der Waals surface area contributed by atoms with E-state index in [2.05, 4.69) is 5.32 Å². The van der Waals surface area contributed by atoms with Crippen molar-refractivity contribution in [2.75, 3.05) is 46.1 Å². The Bertz CT molecular complexity index is 345. The number of carbonyl (C=O) groups is 2. The first-order valence-electron chi connectivity index (χ1n) is 7.52. The summed E-state index contributed by atoms with van der Waals surface area (Å²) >= 11 is 0. The lowest BCUT2D eigenvalue weighted by Crippen LogP contribution is -2.34. The molecule has 136 valence electrons. The summed E-state index contributed by atoms with van der Waals surface area (Å²) < 4.78 is 15.2. The van der Waals surface area contributed by atoms with E-state index in [0.29, 0.717) is 13.1 Å². The number of rotatable bonds is 10. The predicted octanol–water partition coefficient (Wildman–Crippen LogP) is 0.910. The average molecular weight is 336 g/mol. The van der Waals surface area contributed by atoms with Crippen LogP contribution in [0.4, 0.5) is 9.59 Å². The summed E-state index contributed by atoms with van der Waals surface area (Å²) in [7, 11) is 0. The summed E-state index contributed by atoms with van der Waals surface area (Å²) in [6, 6.07) is 0. The Morgan fingerprint density at radius 1 is 1.13 bits per heavy atom. The van der Waals surface area contributed by atoms with E-state index in [1.165, 1.54) is 0 Å². The number of amides is 2. The number of hydrogen-bond acceptors (Lipinski definition) is 7. The molecule has 2 N–H and O–H groups in total. The highest BCUT2D eigenvalue weighted by Gasteiger charge is 2.15. The Labute approximate surface area is 136 Å². The molecule has 9 heteroatoms. The number of hydroxylamine groups is 2. The number of hydrogen-bond donors (Lipinski definition) is 2. The Kier molecular flexibility index (Phi) is 11.1. The van der Waals surface area contributed by atoms with Crippen molar-refractivity contribution in [1.29, 1.82) is 0 Å². The molecule has 0 aliphatic rings. The molecule has 2 amide bonds. The summed E-state index contributed by atoms with van der Waals surface area (Å²) in [6.45, 7) is 8.02. The Balaban J connectivity index is 3.62. The van der Waals surface area contributed by atoms with Crippen molar-refractivity contribution in [3.05, 3.63) is 0 Å². The van der Waals surface area contributed by atoms with E-state index in [1.54, 1.807) is 27.7 Å². The maximum absolute atomic E-state index is 11.6. The minimum absolute atomic E-state index is 0.0236. The molecule has 0 atom stereocenters. The topological polar surface area (TPSA) is 107 Å². The summed E-state index contributed by atoms with van der Waals surface area (Å²) in [5.74, 6) is 0. The quantitative estimate of drug-likeness (QED) is 0.451. The van der Waals surface area contributed by atoms with Gasteiger partial charge in [-0.3, -0.25) is 4.84 Å². The van der Waals surface area contributed by atoms with Crippen molar-refractivity contribution < 1.29 is 33.7 Å². The molecule has 0 aliphatic carbocycles. The molecule has 0 bridgehead atoms. The van der Waals surface area contributed by atoms with Crippen molar-refractivity contribution in [2.45, 2.75) is 33.3 Å². The van der Waals surface area contributed by atoms with Crippen LogP contribution in [-0.4, -0.2) is 74.1 Å². The highest BCUT2D eigenvalue weighted by Crippen LogP contribution is 2.06. The first-order valence-corrected chi connectivity index (χ1v) is 7.52. The van der Waals surface area contributed by atoms with Crippen LogP contribution in [0.1, 0.15) is 27.7 Å². The summed E-state index contributed by atoms with van der Waals surface area (Å²) in [4.78, 5) is 27.9. The number of ether oxygens (including phenoxy) is 3. The zero-order chi connectivity index (χ0) is 17.7. The molecule has 0 aromatic carbocycles. The van der Waals surface area contributed by atoms with Crippen LogP contribution < -0.4 is 5.32 Å². The molecule has 23 heavy (non-hydrogen) atoms. The number of nitrogens with zero attached hydrogens (tertiary/aromatic N) is 1. The van der Waals surface area contributed by atoms with Gasteiger partial charge in [-0.2, -0.15) is 5.06 Å². The fourth-order valence-corrected chi connectivity index (χ4v) is 1.33. The SMILES string of the molecule is CCN(OCCO)C(=O)OCCOCCNC(=O)OC(C)(C)C. The van der Waals surface area contributed by atoms with Gasteiger partial charge in [-0.1, -0.05) is 0 Å². The summed E-state index contributed by atoms with van der Waals surface area (Å²) in [6.07, 6.45) is -1.15. The zero-order valence-corrected chi connectivity index (χ0v) is 14.3. The lowest BCUT2D eigenvalue weighted by atomic mass is 10.2. The van der Waals surface area contributed by atoms with Crippen LogP contribution >= 0.6 is 0 Å². The maximum atomic E-state index is 11.6. The van der Waals surface area contributed by atoms with Gasteiger partial charge in [0.1, 0.15) is 12.2 Å². The van der Waals surface area contributed by atoms with E-state index in [4.69, 9.17) is 24.2 Å². The lowest BCUT2D eigenvalue weighted by Gasteiger charge is -2.20. The third-order valence-corrected chi connectivity index (χ3v) is 2.20. The van der Waals surface area contributed by atoms with Crippen LogP contribution in [0, 0.1) is 0 Å². The van der Waals surface area contributed by atoms with Gasteiger partial charge in [0.15, 0.2) is 0 Å². The van der Waals surface area contributed by atoms with Crippen LogP contribution in [0.5, 0.6) is 0 Å². The molecular weight excluding hydrogens is 308 g/mol. The molecule has 0 fully saturated rings. The molecule has 0 saturated carbocycles. The molecular formula is C14H28N2O7. The molecule has 0 unspecified atom stereocenters. The van der Waals surface area contributed by atoms with Crippen molar-refractivity contribution >= 4 is 12.2 Å². The van der Waals surface area contributed by atoms with Crippen LogP contribution in [-0.2, 0) is 19.0 Å². The van der Waals surface area contributed by atoms with E-state index in [0.717, 1.165) is 5.06 Å². The maximum Gasteiger partial charge on any atom is 0.434 e. The molecule has 0 rings (SSSR count). The predicted molar refractivity (Wildman–Crippen MR) is 81.8 cm³/mol. The number of alkyl carbamates (subject to hydrolysis) is 1. The molecule has 0 aliphatic heterocycles. The second-order valence-corrected chi connectivity index (χ2v) is 5.41. The fourth-order valence-electron chi connectivity index (χ4n) is 1.33. The molecule has 0 spiro atoms. The van der Waals surface area contributed by atoms with Gasteiger partial charge in [0.25, 0.3) is 0 Å². The lowest BCUT2D eigenvalue weighted by molar-refractivity contribution is -0.142. The third kappa shape index (κ3) is 12.6. The Morgan fingerprint density at radius 2 is 1.83 bits per heavy atom. The van der Waals surface area contributed by atoms with E-state index < -0.39 is 17.8 Å². The third-order valence-electron chi connectivity index (χ3n) is 2.20.